The van der Waals surface area contributed by atoms with E-state index in [1.807, 2.05) is 18.2 Å². The van der Waals surface area contributed by atoms with E-state index in [4.69, 9.17) is 17.3 Å². The molecule has 0 radical (unpaired) electrons. The average molecular weight is 233 g/mol. The highest BCUT2D eigenvalue weighted by molar-refractivity contribution is 6.29. The lowest BCUT2D eigenvalue weighted by molar-refractivity contribution is 1.01. The maximum atomic E-state index is 5.82. The SMILES string of the molecule is NCCC=Cc1ccc2nc(Cl)ccc2c1. The van der Waals surface area contributed by atoms with E-state index in [9.17, 15) is 0 Å². The van der Waals surface area contributed by atoms with Crippen molar-refractivity contribution in [1.29, 1.82) is 0 Å². The van der Waals surface area contributed by atoms with Crippen molar-refractivity contribution in [1.82, 2.24) is 4.98 Å². The molecule has 0 bridgehead atoms. The molecule has 1 heterocycles. The second-order valence-electron chi connectivity index (χ2n) is 3.57. The van der Waals surface area contributed by atoms with Gasteiger partial charge in [-0.25, -0.2) is 4.98 Å². The quantitative estimate of drug-likeness (QED) is 0.826. The Morgan fingerprint density at radius 1 is 1.25 bits per heavy atom. The molecule has 0 spiro atoms. The number of rotatable bonds is 3. The molecule has 0 aliphatic carbocycles. The largest absolute Gasteiger partial charge is 0.330 e. The van der Waals surface area contributed by atoms with Crippen molar-refractivity contribution in [2.45, 2.75) is 6.42 Å². The van der Waals surface area contributed by atoms with Crippen molar-refractivity contribution in [3.63, 3.8) is 0 Å². The number of halogens is 1. The van der Waals surface area contributed by atoms with Crippen LogP contribution in [0.1, 0.15) is 12.0 Å². The standard InChI is InChI=1S/C13H13ClN2/c14-13-7-5-11-9-10(3-1-2-8-15)4-6-12(11)16-13/h1,3-7,9H,2,8,15H2. The molecule has 82 valence electrons. The summed E-state index contributed by atoms with van der Waals surface area (Å²) >= 11 is 5.82. The fraction of sp³-hybridized carbons (Fsp3) is 0.154. The van der Waals surface area contributed by atoms with Crippen molar-refractivity contribution in [3.05, 3.63) is 47.1 Å². The van der Waals surface area contributed by atoms with Crippen LogP contribution in [0.2, 0.25) is 5.15 Å². The van der Waals surface area contributed by atoms with E-state index in [2.05, 4.69) is 23.2 Å². The Morgan fingerprint density at radius 2 is 2.12 bits per heavy atom. The zero-order valence-electron chi connectivity index (χ0n) is 8.86. The molecule has 2 N–H and O–H groups in total. The molecule has 0 saturated heterocycles. The minimum absolute atomic E-state index is 0.527. The molecule has 0 atom stereocenters. The number of nitrogens with two attached hydrogens (primary N) is 1. The van der Waals surface area contributed by atoms with Crippen molar-refractivity contribution >= 4 is 28.6 Å². The summed E-state index contributed by atoms with van der Waals surface area (Å²) < 4.78 is 0. The molecule has 0 fully saturated rings. The molecule has 0 amide bonds. The first kappa shape index (κ1) is 11.1. The highest BCUT2D eigenvalue weighted by atomic mass is 35.5. The van der Waals surface area contributed by atoms with Crippen molar-refractivity contribution in [3.8, 4) is 0 Å². The Hall–Kier alpha value is -1.38. The van der Waals surface area contributed by atoms with Crippen LogP contribution >= 0.6 is 11.6 Å². The van der Waals surface area contributed by atoms with Crippen LogP contribution < -0.4 is 5.73 Å². The summed E-state index contributed by atoms with van der Waals surface area (Å²) in [5.41, 5.74) is 7.50. The summed E-state index contributed by atoms with van der Waals surface area (Å²) in [6.07, 6.45) is 5.04. The summed E-state index contributed by atoms with van der Waals surface area (Å²) in [5.74, 6) is 0. The second-order valence-corrected chi connectivity index (χ2v) is 3.95. The zero-order valence-corrected chi connectivity index (χ0v) is 9.61. The van der Waals surface area contributed by atoms with Gasteiger partial charge in [-0.15, -0.1) is 0 Å². The summed E-state index contributed by atoms with van der Waals surface area (Å²) in [6.45, 7) is 0.682. The van der Waals surface area contributed by atoms with Gasteiger partial charge in [0, 0.05) is 5.39 Å². The Balaban J connectivity index is 2.33. The third kappa shape index (κ3) is 2.60. The van der Waals surface area contributed by atoms with E-state index < -0.39 is 0 Å². The molecule has 16 heavy (non-hydrogen) atoms. The van der Waals surface area contributed by atoms with Gasteiger partial charge in [0.2, 0.25) is 0 Å². The number of pyridine rings is 1. The minimum Gasteiger partial charge on any atom is -0.330 e. The highest BCUT2D eigenvalue weighted by Gasteiger charge is 1.96. The number of hydrogen-bond acceptors (Lipinski definition) is 2. The Morgan fingerprint density at radius 3 is 2.94 bits per heavy atom. The first-order chi connectivity index (χ1) is 7.79. The lowest BCUT2D eigenvalue weighted by Gasteiger charge is -1.99. The van der Waals surface area contributed by atoms with Crippen molar-refractivity contribution in [2.24, 2.45) is 5.73 Å². The summed E-state index contributed by atoms with van der Waals surface area (Å²) in [6, 6.07) is 9.87. The minimum atomic E-state index is 0.527. The predicted molar refractivity (Wildman–Crippen MR) is 69.5 cm³/mol. The molecule has 1 aromatic heterocycles. The maximum Gasteiger partial charge on any atom is 0.129 e. The molecule has 1 aromatic carbocycles. The first-order valence-electron chi connectivity index (χ1n) is 5.22. The lowest BCUT2D eigenvalue weighted by Crippen LogP contribution is -1.94. The van der Waals surface area contributed by atoms with Gasteiger partial charge < -0.3 is 5.73 Å². The predicted octanol–water partition coefficient (Wildman–Crippen LogP) is 3.25. The molecule has 2 nitrogen and oxygen atoms in total. The molecule has 0 saturated carbocycles. The van der Waals surface area contributed by atoms with Gasteiger partial charge in [0.05, 0.1) is 5.52 Å². The maximum absolute atomic E-state index is 5.82. The molecule has 2 rings (SSSR count). The van der Waals surface area contributed by atoms with Crippen molar-refractivity contribution < 1.29 is 0 Å². The molecular formula is C13H13ClN2. The summed E-state index contributed by atoms with van der Waals surface area (Å²) in [4.78, 5) is 4.23. The summed E-state index contributed by atoms with van der Waals surface area (Å²) in [7, 11) is 0. The lowest BCUT2D eigenvalue weighted by atomic mass is 10.1. The zero-order chi connectivity index (χ0) is 11.4. The van der Waals surface area contributed by atoms with Crippen LogP contribution in [0.25, 0.3) is 17.0 Å². The molecule has 3 heteroatoms. The van der Waals surface area contributed by atoms with Gasteiger partial charge in [0.15, 0.2) is 0 Å². The molecule has 0 aliphatic heterocycles. The molecule has 2 aromatic rings. The number of fused-ring (bicyclic) bond motifs is 1. The van der Waals surface area contributed by atoms with E-state index in [0.717, 1.165) is 22.9 Å². The third-order valence-electron chi connectivity index (χ3n) is 2.32. The van der Waals surface area contributed by atoms with Gasteiger partial charge in [-0.2, -0.15) is 0 Å². The van der Waals surface area contributed by atoms with E-state index in [1.54, 1.807) is 6.07 Å². The van der Waals surface area contributed by atoms with Gasteiger partial charge in [-0.3, -0.25) is 0 Å². The Labute approximate surface area is 99.7 Å². The topological polar surface area (TPSA) is 38.9 Å². The number of benzene rings is 1. The van der Waals surface area contributed by atoms with Crippen LogP contribution in [-0.4, -0.2) is 11.5 Å². The Bertz CT molecular complexity index is 520. The van der Waals surface area contributed by atoms with E-state index in [1.165, 1.54) is 0 Å². The van der Waals surface area contributed by atoms with Gasteiger partial charge in [0.1, 0.15) is 5.15 Å². The second kappa shape index (κ2) is 5.10. The van der Waals surface area contributed by atoms with E-state index in [-0.39, 0.29) is 0 Å². The highest BCUT2D eigenvalue weighted by Crippen LogP contribution is 2.17. The summed E-state index contributed by atoms with van der Waals surface area (Å²) in [5, 5.41) is 1.62. The monoisotopic (exact) mass is 232 g/mol. The van der Waals surface area contributed by atoms with Crippen LogP contribution in [0.4, 0.5) is 0 Å². The van der Waals surface area contributed by atoms with E-state index in [0.29, 0.717) is 11.7 Å². The number of hydrogen-bond donors (Lipinski definition) is 1. The molecule has 0 unspecified atom stereocenters. The third-order valence-corrected chi connectivity index (χ3v) is 2.53. The first-order valence-corrected chi connectivity index (χ1v) is 5.60. The number of aromatic nitrogens is 1. The average Bonchev–Trinajstić information content (AvgIpc) is 2.29. The smallest absolute Gasteiger partial charge is 0.129 e. The normalized spacial score (nSPS) is 11.4. The van der Waals surface area contributed by atoms with Gasteiger partial charge in [0.25, 0.3) is 0 Å². The Kier molecular flexibility index (Phi) is 3.54. The van der Waals surface area contributed by atoms with Gasteiger partial charge in [-0.05, 0) is 42.8 Å². The van der Waals surface area contributed by atoms with Crippen LogP contribution in [-0.2, 0) is 0 Å². The fourth-order valence-corrected chi connectivity index (χ4v) is 1.69. The van der Waals surface area contributed by atoms with E-state index >= 15 is 0 Å². The van der Waals surface area contributed by atoms with Crippen LogP contribution in [0.15, 0.2) is 36.4 Å². The molecule has 0 aliphatic rings. The molecular weight excluding hydrogens is 220 g/mol. The van der Waals surface area contributed by atoms with Crippen LogP contribution in [0.5, 0.6) is 0 Å². The van der Waals surface area contributed by atoms with Crippen LogP contribution in [0, 0.1) is 0 Å². The van der Waals surface area contributed by atoms with Gasteiger partial charge >= 0.3 is 0 Å². The van der Waals surface area contributed by atoms with Crippen LogP contribution in [0.3, 0.4) is 0 Å². The van der Waals surface area contributed by atoms with Gasteiger partial charge in [-0.1, -0.05) is 29.8 Å². The number of nitrogens with zero attached hydrogens (tertiary/aromatic N) is 1. The van der Waals surface area contributed by atoms with Crippen molar-refractivity contribution in [2.75, 3.05) is 6.54 Å². The fourth-order valence-electron chi connectivity index (χ4n) is 1.54.